The van der Waals surface area contributed by atoms with Crippen molar-refractivity contribution in [2.75, 3.05) is 13.1 Å². The quantitative estimate of drug-likeness (QED) is 0.884. The number of nitrogens with zero attached hydrogens (tertiary/aromatic N) is 4. The Labute approximate surface area is 144 Å². The molecule has 24 heavy (non-hydrogen) atoms. The number of H-pyrrole nitrogens is 2. The molecule has 7 nitrogen and oxygen atoms in total. The predicted molar refractivity (Wildman–Crippen MR) is 91.5 cm³/mol. The van der Waals surface area contributed by atoms with Crippen LogP contribution in [0.5, 0.6) is 0 Å². The van der Waals surface area contributed by atoms with Crippen molar-refractivity contribution >= 4 is 17.3 Å². The molecule has 126 valence electrons. The van der Waals surface area contributed by atoms with E-state index < -0.39 is 0 Å². The second-order valence-corrected chi connectivity index (χ2v) is 6.69. The summed E-state index contributed by atoms with van der Waals surface area (Å²) in [6.07, 6.45) is 5.47. The van der Waals surface area contributed by atoms with Crippen LogP contribution < -0.4 is 5.56 Å². The summed E-state index contributed by atoms with van der Waals surface area (Å²) >= 11 is 6.08. The van der Waals surface area contributed by atoms with E-state index in [9.17, 15) is 4.79 Å². The Bertz CT molecular complexity index is 839. The minimum atomic E-state index is -0.0521. The number of fused-ring (bicyclic) bond motifs is 1. The minimum absolute atomic E-state index is 0.0521. The van der Waals surface area contributed by atoms with E-state index in [0.29, 0.717) is 23.9 Å². The van der Waals surface area contributed by atoms with E-state index in [0.717, 1.165) is 61.4 Å². The van der Waals surface area contributed by atoms with Crippen molar-refractivity contribution in [1.82, 2.24) is 25.1 Å². The average molecular weight is 347 g/mol. The van der Waals surface area contributed by atoms with Crippen LogP contribution in [-0.2, 0) is 19.5 Å². The van der Waals surface area contributed by atoms with Gasteiger partial charge in [0, 0.05) is 32.6 Å². The Morgan fingerprint density at radius 2 is 2.21 bits per heavy atom. The molecule has 0 atom stereocenters. The lowest BCUT2D eigenvalue weighted by Gasteiger charge is -2.27. The maximum atomic E-state index is 12.5. The first-order valence-electron chi connectivity index (χ1n) is 8.26. The molecular weight excluding hydrogens is 328 g/mol. The van der Waals surface area contributed by atoms with Crippen molar-refractivity contribution < 1.29 is 0 Å². The van der Waals surface area contributed by atoms with Gasteiger partial charge in [0.25, 0.3) is 5.56 Å². The Kier molecular flexibility index (Phi) is 4.20. The lowest BCUT2D eigenvalue weighted by molar-refractivity contribution is 0.239. The lowest BCUT2D eigenvalue weighted by Crippen LogP contribution is -2.36. The van der Waals surface area contributed by atoms with Crippen LogP contribution in [0.25, 0.3) is 0 Å². The van der Waals surface area contributed by atoms with Crippen LogP contribution in [0, 0.1) is 0 Å². The molecule has 2 aromatic heterocycles. The van der Waals surface area contributed by atoms with Crippen LogP contribution in [0.15, 0.2) is 16.0 Å². The van der Waals surface area contributed by atoms with Gasteiger partial charge in [-0.3, -0.25) is 19.8 Å². The Morgan fingerprint density at radius 3 is 2.96 bits per heavy atom. The average Bonchev–Trinajstić information content (AvgIpc) is 3.01. The zero-order valence-corrected chi connectivity index (χ0v) is 14.1. The largest absolute Gasteiger partial charge is 0.305 e. The molecule has 0 unspecified atom stereocenters. The van der Waals surface area contributed by atoms with Crippen LogP contribution >= 0.6 is 11.6 Å². The summed E-state index contributed by atoms with van der Waals surface area (Å²) < 4.78 is 0. The Hall–Kier alpha value is -1.99. The van der Waals surface area contributed by atoms with Gasteiger partial charge in [-0.25, -0.2) is 4.98 Å². The van der Waals surface area contributed by atoms with E-state index in [4.69, 9.17) is 11.6 Å². The van der Waals surface area contributed by atoms with E-state index in [2.05, 4.69) is 30.1 Å². The number of aliphatic imine (C=N–C) groups is 1. The predicted octanol–water partition coefficient (Wildman–Crippen LogP) is 1.68. The highest BCUT2D eigenvalue weighted by molar-refractivity contribution is 6.31. The second-order valence-electron chi connectivity index (χ2n) is 6.28. The first-order chi connectivity index (χ1) is 11.7. The van der Waals surface area contributed by atoms with Gasteiger partial charge in [0.2, 0.25) is 0 Å². The number of hydrogen-bond donors (Lipinski definition) is 2. The van der Waals surface area contributed by atoms with Gasteiger partial charge in [-0.1, -0.05) is 11.6 Å². The number of halogens is 1. The number of aromatic nitrogens is 4. The number of nitrogens with one attached hydrogen (secondary N) is 2. The molecular formula is C16H19ClN6O. The van der Waals surface area contributed by atoms with E-state index in [1.165, 1.54) is 0 Å². The molecule has 0 saturated carbocycles. The number of hydrogen-bond acceptors (Lipinski definition) is 5. The van der Waals surface area contributed by atoms with Gasteiger partial charge in [0.15, 0.2) is 5.82 Å². The van der Waals surface area contributed by atoms with E-state index in [-0.39, 0.29) is 5.56 Å². The molecule has 8 heteroatoms. The molecule has 2 aliphatic rings. The molecule has 2 aromatic rings. The van der Waals surface area contributed by atoms with Gasteiger partial charge in [0.05, 0.1) is 33.9 Å². The summed E-state index contributed by atoms with van der Waals surface area (Å²) in [6, 6.07) is 0. The highest BCUT2D eigenvalue weighted by Gasteiger charge is 2.23. The van der Waals surface area contributed by atoms with Gasteiger partial charge in [0.1, 0.15) is 0 Å². The molecule has 0 aliphatic carbocycles. The summed E-state index contributed by atoms with van der Waals surface area (Å²) in [4.78, 5) is 26.8. The Balaban J connectivity index is 1.57. The topological polar surface area (TPSA) is 90.0 Å². The molecule has 0 fully saturated rings. The van der Waals surface area contributed by atoms with E-state index in [1.807, 2.05) is 0 Å². The third kappa shape index (κ3) is 3.01. The van der Waals surface area contributed by atoms with Crippen LogP contribution in [-0.4, -0.2) is 43.9 Å². The van der Waals surface area contributed by atoms with Crippen molar-refractivity contribution in [3.8, 4) is 0 Å². The van der Waals surface area contributed by atoms with Crippen LogP contribution in [0.2, 0.25) is 5.02 Å². The summed E-state index contributed by atoms with van der Waals surface area (Å²) in [7, 11) is 0. The van der Waals surface area contributed by atoms with E-state index >= 15 is 0 Å². The van der Waals surface area contributed by atoms with Gasteiger partial charge >= 0.3 is 0 Å². The van der Waals surface area contributed by atoms with Gasteiger partial charge < -0.3 is 4.98 Å². The zero-order valence-electron chi connectivity index (χ0n) is 13.3. The first kappa shape index (κ1) is 15.5. The van der Waals surface area contributed by atoms with Crippen LogP contribution in [0.1, 0.15) is 42.0 Å². The van der Waals surface area contributed by atoms with Crippen molar-refractivity contribution in [2.24, 2.45) is 4.99 Å². The third-order valence-electron chi connectivity index (χ3n) is 4.59. The standard InChI is InChI=1S/C16H19ClN6O/c17-11-7-19-22-14(11)9-23-6-4-12-10(8-23)16(24)21-15(20-12)13-3-1-2-5-18-13/h7H,1-6,8-9H2,(H,19,22)(H,20,21,24). The zero-order chi connectivity index (χ0) is 16.5. The third-order valence-corrected chi connectivity index (χ3v) is 4.92. The van der Waals surface area contributed by atoms with Crippen LogP contribution in [0.4, 0.5) is 0 Å². The fourth-order valence-electron chi connectivity index (χ4n) is 3.28. The smallest absolute Gasteiger partial charge is 0.255 e. The highest BCUT2D eigenvalue weighted by atomic mass is 35.5. The molecule has 4 heterocycles. The van der Waals surface area contributed by atoms with Crippen molar-refractivity contribution in [1.29, 1.82) is 0 Å². The molecule has 0 aromatic carbocycles. The highest BCUT2D eigenvalue weighted by Crippen LogP contribution is 2.20. The molecule has 0 radical (unpaired) electrons. The molecule has 4 rings (SSSR count). The summed E-state index contributed by atoms with van der Waals surface area (Å²) in [5.41, 5.74) is 3.40. The van der Waals surface area contributed by atoms with E-state index in [1.54, 1.807) is 6.20 Å². The van der Waals surface area contributed by atoms with Crippen molar-refractivity contribution in [3.05, 3.63) is 44.3 Å². The number of aromatic amines is 2. The normalized spacial score (nSPS) is 18.3. The van der Waals surface area contributed by atoms with Gasteiger partial charge in [-0.15, -0.1) is 0 Å². The lowest BCUT2D eigenvalue weighted by atomic mass is 10.1. The molecule has 0 bridgehead atoms. The fraction of sp³-hybridized carbons (Fsp3) is 0.500. The molecule has 2 N–H and O–H groups in total. The Morgan fingerprint density at radius 1 is 1.29 bits per heavy atom. The maximum absolute atomic E-state index is 12.5. The van der Waals surface area contributed by atoms with Gasteiger partial charge in [-0.2, -0.15) is 5.10 Å². The SMILES string of the molecule is O=c1[nH]c(C2=NCCCC2)nc2c1CN(Cc1[nH]ncc1Cl)CC2. The second kappa shape index (κ2) is 6.49. The molecule has 0 spiro atoms. The fourth-order valence-corrected chi connectivity index (χ4v) is 3.43. The summed E-state index contributed by atoms with van der Waals surface area (Å²) in [5, 5.41) is 7.46. The molecule has 2 aliphatic heterocycles. The molecule has 0 amide bonds. The monoisotopic (exact) mass is 346 g/mol. The first-order valence-corrected chi connectivity index (χ1v) is 8.64. The van der Waals surface area contributed by atoms with Crippen LogP contribution in [0.3, 0.4) is 0 Å². The summed E-state index contributed by atoms with van der Waals surface area (Å²) in [5.74, 6) is 0.656. The minimum Gasteiger partial charge on any atom is -0.305 e. The number of rotatable bonds is 3. The summed E-state index contributed by atoms with van der Waals surface area (Å²) in [6.45, 7) is 2.88. The van der Waals surface area contributed by atoms with Crippen molar-refractivity contribution in [2.45, 2.75) is 38.8 Å². The maximum Gasteiger partial charge on any atom is 0.255 e. The van der Waals surface area contributed by atoms with Gasteiger partial charge in [-0.05, 0) is 19.3 Å². The van der Waals surface area contributed by atoms with Crippen molar-refractivity contribution in [3.63, 3.8) is 0 Å². The molecule has 0 saturated heterocycles.